The Morgan fingerprint density at radius 3 is 2.50 bits per heavy atom. The van der Waals surface area contributed by atoms with E-state index in [4.69, 9.17) is 17.3 Å². The molecule has 186 valence electrons. The first-order valence-electron chi connectivity index (χ1n) is 10.9. The number of nitrogens with two attached hydrogens (primary N) is 1. The zero-order chi connectivity index (χ0) is 26.4. The fourth-order valence-electron chi connectivity index (χ4n) is 3.59. The maximum absolute atomic E-state index is 12.6. The van der Waals surface area contributed by atoms with Gasteiger partial charge in [-0.1, -0.05) is 12.0 Å². The topological polar surface area (TPSA) is 168 Å². The number of aromatic nitrogens is 2. The molecule has 0 spiro atoms. The van der Waals surface area contributed by atoms with Crippen molar-refractivity contribution in [2.75, 3.05) is 17.2 Å². The van der Waals surface area contributed by atoms with Crippen molar-refractivity contribution in [3.05, 3.63) is 63.9 Å². The summed E-state index contributed by atoms with van der Waals surface area (Å²) in [5.74, 6) is -0.397. The third-order valence-electron chi connectivity index (χ3n) is 5.58. The first-order valence-corrected chi connectivity index (χ1v) is 10.9. The molecule has 0 radical (unpaired) electrons. The largest absolute Gasteiger partial charge is 0.481 e. The Hall–Kier alpha value is -4.85. The van der Waals surface area contributed by atoms with Crippen LogP contribution in [0.5, 0.6) is 0 Å². The highest BCUT2D eigenvalue weighted by atomic mass is 16.4. The average Bonchev–Trinajstić information content (AvgIpc) is 2.85. The van der Waals surface area contributed by atoms with Crippen molar-refractivity contribution in [3.63, 3.8) is 0 Å². The lowest BCUT2D eigenvalue weighted by Gasteiger charge is -2.23. The number of rotatable bonds is 10. The van der Waals surface area contributed by atoms with Gasteiger partial charge >= 0.3 is 11.9 Å². The molecule has 11 heteroatoms. The number of hydrogen-bond donors (Lipinski definition) is 4. The minimum atomic E-state index is -1.32. The normalized spacial score (nSPS) is 11.4. The number of nitrogens with one attached hydrogen (secondary N) is 1. The van der Waals surface area contributed by atoms with Crippen molar-refractivity contribution in [2.24, 2.45) is 7.05 Å². The third-order valence-corrected chi connectivity index (χ3v) is 5.58. The number of carboxylic acid groups (broad SMARTS) is 2. The summed E-state index contributed by atoms with van der Waals surface area (Å²) >= 11 is 0. The SMILES string of the molecule is C#CCN(Cc1ccc2nc(N)n(C)c(=O)c2c1)c1ccc(C(=O)N[C@@H](CCC(=O)O)C(=O)O)cc1. The molecule has 3 rings (SSSR count). The van der Waals surface area contributed by atoms with Gasteiger partial charge in [-0.15, -0.1) is 6.42 Å². The molecular weight excluding hydrogens is 466 g/mol. The lowest BCUT2D eigenvalue weighted by molar-refractivity contribution is -0.140. The van der Waals surface area contributed by atoms with E-state index in [0.717, 1.165) is 5.56 Å². The van der Waals surface area contributed by atoms with Crippen molar-refractivity contribution in [1.29, 1.82) is 0 Å². The molecular formula is C25H25N5O6. The Labute approximate surface area is 206 Å². The molecule has 0 fully saturated rings. The van der Waals surface area contributed by atoms with Crippen LogP contribution >= 0.6 is 0 Å². The summed E-state index contributed by atoms with van der Waals surface area (Å²) in [5.41, 5.74) is 7.71. The molecule has 5 N–H and O–H groups in total. The molecule has 1 atom stereocenters. The second kappa shape index (κ2) is 11.1. The van der Waals surface area contributed by atoms with E-state index in [1.807, 2.05) is 11.0 Å². The number of fused-ring (bicyclic) bond motifs is 1. The lowest BCUT2D eigenvalue weighted by atomic mass is 10.1. The standard InChI is InChI=1S/C25H25N5O6/c1-3-12-30(14-15-4-9-19-18(13-15)23(34)29(2)25(26)28-19)17-7-5-16(6-8-17)22(33)27-20(24(35)36)10-11-21(31)32/h1,4-9,13,20H,10-12,14H2,2H3,(H2,26,28)(H,27,33)(H,31,32)(H,35,36)/t20-/m0/s1. The summed E-state index contributed by atoms with van der Waals surface area (Å²) in [6.45, 7) is 0.618. The number of carbonyl (C=O) groups is 3. The summed E-state index contributed by atoms with van der Waals surface area (Å²) in [5, 5.41) is 20.8. The van der Waals surface area contributed by atoms with Gasteiger partial charge in [-0.2, -0.15) is 0 Å². The van der Waals surface area contributed by atoms with Crippen molar-refractivity contribution >= 4 is 40.4 Å². The van der Waals surface area contributed by atoms with Crippen molar-refractivity contribution < 1.29 is 24.6 Å². The van der Waals surface area contributed by atoms with Crippen molar-refractivity contribution in [2.45, 2.75) is 25.4 Å². The summed E-state index contributed by atoms with van der Waals surface area (Å²) in [6, 6.07) is 10.3. The van der Waals surface area contributed by atoms with E-state index in [-0.39, 0.29) is 36.5 Å². The highest BCUT2D eigenvalue weighted by molar-refractivity contribution is 5.97. The fraction of sp³-hybridized carbons (Fsp3) is 0.240. The summed E-state index contributed by atoms with van der Waals surface area (Å²) in [7, 11) is 1.55. The van der Waals surface area contributed by atoms with Crippen LogP contribution in [0.1, 0.15) is 28.8 Å². The maximum Gasteiger partial charge on any atom is 0.326 e. The highest BCUT2D eigenvalue weighted by Gasteiger charge is 2.22. The molecule has 1 heterocycles. The van der Waals surface area contributed by atoms with E-state index in [1.54, 1.807) is 31.3 Å². The molecule has 0 aliphatic heterocycles. The molecule has 11 nitrogen and oxygen atoms in total. The number of nitrogens with zero attached hydrogens (tertiary/aromatic N) is 3. The van der Waals surface area contributed by atoms with Crippen LogP contribution in [0.2, 0.25) is 0 Å². The summed E-state index contributed by atoms with van der Waals surface area (Å²) < 4.78 is 1.27. The Morgan fingerprint density at radius 1 is 1.19 bits per heavy atom. The predicted molar refractivity (Wildman–Crippen MR) is 133 cm³/mol. The number of nitrogen functional groups attached to an aromatic ring is 1. The number of amides is 1. The molecule has 2 aromatic carbocycles. The van der Waals surface area contributed by atoms with E-state index < -0.39 is 23.9 Å². The Kier molecular flexibility index (Phi) is 7.91. The van der Waals surface area contributed by atoms with Gasteiger partial charge in [0.1, 0.15) is 6.04 Å². The molecule has 1 amide bonds. The average molecular weight is 492 g/mol. The molecule has 1 aromatic heterocycles. The number of anilines is 2. The molecule has 0 aliphatic carbocycles. The van der Waals surface area contributed by atoms with Gasteiger partial charge in [-0.05, 0) is 48.4 Å². The zero-order valence-electron chi connectivity index (χ0n) is 19.5. The van der Waals surface area contributed by atoms with Gasteiger partial charge < -0.3 is 26.2 Å². The van der Waals surface area contributed by atoms with Gasteiger partial charge in [0.05, 0.1) is 17.4 Å². The van der Waals surface area contributed by atoms with Crippen molar-refractivity contribution in [3.8, 4) is 12.3 Å². The molecule has 0 saturated heterocycles. The summed E-state index contributed by atoms with van der Waals surface area (Å²) in [4.78, 5) is 53.2. The van der Waals surface area contributed by atoms with Crippen LogP contribution in [0.3, 0.4) is 0 Å². The van der Waals surface area contributed by atoms with Crippen LogP contribution in [0.15, 0.2) is 47.3 Å². The Bertz CT molecular complexity index is 1410. The van der Waals surface area contributed by atoms with E-state index in [0.29, 0.717) is 23.1 Å². The Balaban J connectivity index is 1.79. The van der Waals surface area contributed by atoms with Crippen LogP contribution in [0.4, 0.5) is 11.6 Å². The number of terminal acetylenes is 1. The van der Waals surface area contributed by atoms with E-state index in [1.165, 1.54) is 16.7 Å². The van der Waals surface area contributed by atoms with Gasteiger partial charge in [0, 0.05) is 31.3 Å². The summed E-state index contributed by atoms with van der Waals surface area (Å²) in [6.07, 6.45) is 4.93. The second-order valence-corrected chi connectivity index (χ2v) is 8.09. The van der Waals surface area contributed by atoms with Gasteiger partial charge in [0.25, 0.3) is 11.5 Å². The fourth-order valence-corrected chi connectivity index (χ4v) is 3.59. The maximum atomic E-state index is 12.6. The van der Waals surface area contributed by atoms with Gasteiger partial charge in [0.2, 0.25) is 5.95 Å². The van der Waals surface area contributed by atoms with Crippen LogP contribution in [0.25, 0.3) is 10.9 Å². The second-order valence-electron chi connectivity index (χ2n) is 8.09. The molecule has 0 aliphatic rings. The molecule has 0 saturated carbocycles. The number of hydrogen-bond acceptors (Lipinski definition) is 7. The number of benzene rings is 2. The minimum Gasteiger partial charge on any atom is -0.481 e. The van der Waals surface area contributed by atoms with Crippen LogP contribution in [-0.2, 0) is 23.2 Å². The highest BCUT2D eigenvalue weighted by Crippen LogP contribution is 2.20. The van der Waals surface area contributed by atoms with Crippen molar-refractivity contribution in [1.82, 2.24) is 14.9 Å². The van der Waals surface area contributed by atoms with Crippen LogP contribution < -0.4 is 21.5 Å². The molecule has 0 bridgehead atoms. The molecule has 0 unspecified atom stereocenters. The number of carboxylic acids is 2. The van der Waals surface area contributed by atoms with Gasteiger partial charge in [-0.3, -0.25) is 19.0 Å². The molecule has 36 heavy (non-hydrogen) atoms. The predicted octanol–water partition coefficient (Wildman–Crippen LogP) is 1.20. The van der Waals surface area contributed by atoms with E-state index >= 15 is 0 Å². The van der Waals surface area contributed by atoms with Crippen LogP contribution in [0, 0.1) is 12.3 Å². The minimum absolute atomic E-state index is 0.120. The van der Waals surface area contributed by atoms with Gasteiger partial charge in [0.15, 0.2) is 0 Å². The first kappa shape index (κ1) is 25.8. The number of carbonyl (C=O) groups excluding carboxylic acids is 1. The lowest BCUT2D eigenvalue weighted by Crippen LogP contribution is -2.41. The van der Waals surface area contributed by atoms with E-state index in [9.17, 15) is 24.3 Å². The van der Waals surface area contributed by atoms with Gasteiger partial charge in [-0.25, -0.2) is 9.78 Å². The number of aliphatic carboxylic acids is 2. The Morgan fingerprint density at radius 2 is 1.89 bits per heavy atom. The smallest absolute Gasteiger partial charge is 0.326 e. The zero-order valence-corrected chi connectivity index (χ0v) is 19.5. The van der Waals surface area contributed by atoms with Crippen LogP contribution in [-0.4, -0.2) is 50.2 Å². The first-order chi connectivity index (χ1) is 17.1. The third kappa shape index (κ3) is 5.98. The van der Waals surface area contributed by atoms with E-state index in [2.05, 4.69) is 16.2 Å². The quantitative estimate of drug-likeness (QED) is 0.305. The molecule has 3 aromatic rings. The monoisotopic (exact) mass is 491 g/mol.